The number of likely N-dealkylation sites (tertiary alicyclic amines) is 2. The van der Waals surface area contributed by atoms with Gasteiger partial charge in [-0.05, 0) is 84.7 Å². The number of methoxy groups -OCH3 is 1. The lowest BCUT2D eigenvalue weighted by atomic mass is 9.96. The van der Waals surface area contributed by atoms with Crippen molar-refractivity contribution in [2.45, 2.75) is 57.9 Å². The fourth-order valence-corrected chi connectivity index (χ4v) is 8.10. The van der Waals surface area contributed by atoms with Gasteiger partial charge in [0.05, 0.1) is 23.9 Å². The topological polar surface area (TPSA) is 95.9 Å². The molecule has 3 aromatic heterocycles. The summed E-state index contributed by atoms with van der Waals surface area (Å²) < 4.78 is 12.2. The lowest BCUT2D eigenvalue weighted by Gasteiger charge is -2.19. The van der Waals surface area contributed by atoms with Crippen molar-refractivity contribution in [2.75, 3.05) is 38.6 Å². The normalized spacial score (nSPS) is 20.8. The van der Waals surface area contributed by atoms with Crippen LogP contribution in [0.5, 0.6) is 11.8 Å². The number of pyridine rings is 3. The number of aliphatic hydroxyl groups excluding tert-OH is 1. The molecule has 9 nitrogen and oxygen atoms in total. The van der Waals surface area contributed by atoms with Crippen LogP contribution in [0.3, 0.4) is 0 Å². The van der Waals surface area contributed by atoms with Crippen LogP contribution in [0.2, 0.25) is 5.02 Å². The molecule has 3 aliphatic rings. The number of hydrogen-bond acceptors (Lipinski definition) is 9. The third kappa shape index (κ3) is 6.75. The van der Waals surface area contributed by atoms with Crippen molar-refractivity contribution < 1.29 is 14.6 Å². The van der Waals surface area contributed by atoms with Crippen LogP contribution in [0.15, 0.2) is 73.1 Å². The summed E-state index contributed by atoms with van der Waals surface area (Å²) >= 11 is 7.17. The summed E-state index contributed by atoms with van der Waals surface area (Å²) in [6.45, 7) is 7.72. The number of β-amino-alcohol motifs (C(OH)–C–C–N with tert-alkyl or cyclic N) is 1. The molecule has 1 aliphatic carbocycles. The average molecular weight is 691 g/mol. The first kappa shape index (κ1) is 32.9. The summed E-state index contributed by atoms with van der Waals surface area (Å²) in [5, 5.41) is 15.0. The Kier molecular flexibility index (Phi) is 9.31. The lowest BCUT2D eigenvalue weighted by molar-refractivity contribution is 0.175. The summed E-state index contributed by atoms with van der Waals surface area (Å²) in [6.07, 6.45) is 7.12. The average Bonchev–Trinajstić information content (AvgIpc) is 3.86. The van der Waals surface area contributed by atoms with Crippen LogP contribution < -0.4 is 14.8 Å². The third-order valence-electron chi connectivity index (χ3n) is 10.3. The smallest absolute Gasteiger partial charge is 0.220 e. The fourth-order valence-electron chi connectivity index (χ4n) is 7.82. The van der Waals surface area contributed by atoms with E-state index in [0.29, 0.717) is 29.1 Å². The number of anilines is 2. The molecule has 5 heterocycles. The maximum Gasteiger partial charge on any atom is 0.220 e. The lowest BCUT2D eigenvalue weighted by Crippen LogP contribution is -2.21. The van der Waals surface area contributed by atoms with Gasteiger partial charge < -0.3 is 19.9 Å². The van der Waals surface area contributed by atoms with Gasteiger partial charge in [-0.3, -0.25) is 14.8 Å². The number of nitrogens with one attached hydrogen (secondary N) is 1. The van der Waals surface area contributed by atoms with Crippen molar-refractivity contribution >= 4 is 34.0 Å². The summed E-state index contributed by atoms with van der Waals surface area (Å²) in [5.74, 6) is 2.59. The van der Waals surface area contributed by atoms with Crippen LogP contribution >= 0.6 is 11.6 Å². The largest absolute Gasteiger partial charge is 0.481 e. The zero-order chi connectivity index (χ0) is 34.2. The molecular weight excluding hydrogens is 648 g/mol. The van der Waals surface area contributed by atoms with Crippen LogP contribution in [-0.2, 0) is 19.5 Å². The first-order chi connectivity index (χ1) is 24.4. The highest BCUT2D eigenvalue weighted by Crippen LogP contribution is 2.44. The molecule has 50 heavy (non-hydrogen) atoms. The van der Waals surface area contributed by atoms with Crippen LogP contribution in [0.1, 0.15) is 54.5 Å². The number of fused-ring (bicyclic) bond motifs is 2. The number of aromatic nitrogens is 3. The van der Waals surface area contributed by atoms with Crippen molar-refractivity contribution in [3.63, 3.8) is 0 Å². The van der Waals surface area contributed by atoms with E-state index in [1.54, 1.807) is 13.3 Å². The maximum absolute atomic E-state index is 9.92. The number of nitrogens with zero attached hydrogens (tertiary/aromatic N) is 5. The van der Waals surface area contributed by atoms with Gasteiger partial charge in [-0.1, -0.05) is 48.9 Å². The van der Waals surface area contributed by atoms with Gasteiger partial charge in [0.15, 0.2) is 5.82 Å². The summed E-state index contributed by atoms with van der Waals surface area (Å²) in [7, 11) is 1.68. The molecule has 0 spiro atoms. The monoisotopic (exact) mass is 690 g/mol. The van der Waals surface area contributed by atoms with Gasteiger partial charge >= 0.3 is 0 Å². The highest BCUT2D eigenvalue weighted by atomic mass is 35.5. The molecule has 2 aromatic carbocycles. The molecule has 2 fully saturated rings. The van der Waals surface area contributed by atoms with Crippen LogP contribution in [-0.4, -0.2) is 69.3 Å². The zero-order valence-electron chi connectivity index (χ0n) is 28.6. The van der Waals surface area contributed by atoms with Gasteiger partial charge in [-0.2, -0.15) is 4.98 Å². The minimum atomic E-state index is -0.242. The van der Waals surface area contributed by atoms with E-state index in [2.05, 4.69) is 63.4 Å². The molecule has 0 bridgehead atoms. The van der Waals surface area contributed by atoms with Crippen LogP contribution in [0.4, 0.5) is 11.5 Å². The van der Waals surface area contributed by atoms with E-state index in [1.807, 2.05) is 30.5 Å². The first-order valence-corrected chi connectivity index (χ1v) is 18.0. The number of aliphatic hydroxyl groups is 1. The van der Waals surface area contributed by atoms with Gasteiger partial charge in [0.2, 0.25) is 11.8 Å². The number of hydrogen-bond donors (Lipinski definition) is 2. The Labute approximate surface area is 298 Å². The van der Waals surface area contributed by atoms with Gasteiger partial charge in [0.25, 0.3) is 0 Å². The Morgan fingerprint density at radius 3 is 2.60 bits per heavy atom. The van der Waals surface area contributed by atoms with Crippen LogP contribution in [0, 0.1) is 5.92 Å². The third-order valence-corrected chi connectivity index (χ3v) is 10.7. The van der Waals surface area contributed by atoms with Gasteiger partial charge in [-0.15, -0.1) is 0 Å². The Balaban J connectivity index is 1.01. The van der Waals surface area contributed by atoms with E-state index in [-0.39, 0.29) is 12.2 Å². The summed E-state index contributed by atoms with van der Waals surface area (Å²) in [6, 6.07) is 20.6. The van der Waals surface area contributed by atoms with Gasteiger partial charge in [0.1, 0.15) is 11.6 Å². The van der Waals surface area contributed by atoms with E-state index in [1.165, 1.54) is 12.0 Å². The highest BCUT2D eigenvalue weighted by Gasteiger charge is 2.29. The molecule has 258 valence electrons. The fraction of sp³-hybridized carbons (Fsp3) is 0.375. The molecule has 3 atom stereocenters. The molecule has 0 unspecified atom stereocenters. The molecule has 2 saturated heterocycles. The van der Waals surface area contributed by atoms with Crippen molar-refractivity contribution in [2.24, 2.45) is 5.92 Å². The first-order valence-electron chi connectivity index (χ1n) is 17.7. The van der Waals surface area contributed by atoms with E-state index in [4.69, 9.17) is 31.0 Å². The molecule has 0 radical (unpaired) electrons. The Hall–Kier alpha value is -4.28. The second-order valence-electron chi connectivity index (χ2n) is 14.0. The highest BCUT2D eigenvalue weighted by molar-refractivity contribution is 6.36. The molecule has 5 aromatic rings. The molecule has 2 N–H and O–H groups in total. The van der Waals surface area contributed by atoms with E-state index < -0.39 is 0 Å². The molecule has 8 rings (SSSR count). The van der Waals surface area contributed by atoms with E-state index >= 15 is 0 Å². The number of ether oxygens (including phenoxy) is 2. The molecule has 10 heteroatoms. The SMILES string of the molecule is COc1nc(O[C@@H]2CCc3c(-c4cccc(Nc5nccc6cc(CN7CC[C@@H](O)C7)cnc56)c4Cl)cccc32)ccc1CN1CC[C@@H](C)C1. The quantitative estimate of drug-likeness (QED) is 0.154. The van der Waals surface area contributed by atoms with Crippen molar-refractivity contribution in [3.8, 4) is 22.9 Å². The van der Waals surface area contributed by atoms with Gasteiger partial charge in [-0.25, -0.2) is 4.98 Å². The zero-order valence-corrected chi connectivity index (χ0v) is 29.4. The van der Waals surface area contributed by atoms with Crippen molar-refractivity contribution in [1.29, 1.82) is 0 Å². The minimum Gasteiger partial charge on any atom is -0.481 e. The molecule has 2 aliphatic heterocycles. The Bertz CT molecular complexity index is 2020. The van der Waals surface area contributed by atoms with Crippen LogP contribution in [0.25, 0.3) is 22.0 Å². The van der Waals surface area contributed by atoms with Crippen molar-refractivity contribution in [1.82, 2.24) is 24.8 Å². The summed E-state index contributed by atoms with van der Waals surface area (Å²) in [5.41, 5.74) is 8.21. The second kappa shape index (κ2) is 14.2. The number of benzene rings is 2. The van der Waals surface area contributed by atoms with Gasteiger partial charge in [0, 0.05) is 67.7 Å². The standard InChI is InChI=1S/C40H43ClN6O3/c1-25-14-17-46(21-25)23-28-9-12-36(45-40(28)49-2)50-35-11-10-31-30(5-3-6-32(31)35)33-7-4-8-34(37(33)41)44-39-38-27(13-16-42-39)19-26(20-43-38)22-47-18-15-29(48)24-47/h3-9,12-13,16,19-20,25,29,35,48H,10-11,14-15,17-18,21-24H2,1-2H3,(H,42,44)/t25-,29-,35-/m1/s1. The Morgan fingerprint density at radius 2 is 1.78 bits per heavy atom. The van der Waals surface area contributed by atoms with Crippen molar-refractivity contribution in [3.05, 3.63) is 100 Å². The molecule has 0 amide bonds. The molecular formula is C40H43ClN6O3. The van der Waals surface area contributed by atoms with E-state index in [9.17, 15) is 5.11 Å². The number of halogens is 1. The molecule has 0 saturated carbocycles. The van der Waals surface area contributed by atoms with E-state index in [0.717, 1.165) is 102 Å². The Morgan fingerprint density at radius 1 is 0.940 bits per heavy atom. The minimum absolute atomic E-state index is 0.112. The second-order valence-corrected chi connectivity index (χ2v) is 14.4. The predicted octanol–water partition coefficient (Wildman–Crippen LogP) is 7.57. The predicted molar refractivity (Wildman–Crippen MR) is 197 cm³/mol. The summed E-state index contributed by atoms with van der Waals surface area (Å²) in [4.78, 5) is 18.9. The maximum atomic E-state index is 9.92. The number of rotatable bonds is 10.